The van der Waals surface area contributed by atoms with Crippen LogP contribution in [0.2, 0.25) is 0 Å². The van der Waals surface area contributed by atoms with Gasteiger partial charge in [0.25, 0.3) is 0 Å². The monoisotopic (exact) mass is 267 g/mol. The van der Waals surface area contributed by atoms with E-state index in [2.05, 4.69) is 11.0 Å². The minimum Gasteiger partial charge on any atom is -0.481 e. The normalized spacial score (nSPS) is 16.8. The smallest absolute Gasteiger partial charge is 0.305 e. The van der Waals surface area contributed by atoms with E-state index in [1.807, 2.05) is 0 Å². The Bertz CT molecular complexity index is 357. The van der Waals surface area contributed by atoms with Gasteiger partial charge in [-0.25, -0.2) is 0 Å². The maximum absolute atomic E-state index is 12.1. The lowest BCUT2D eigenvalue weighted by Crippen LogP contribution is -2.42. The van der Waals surface area contributed by atoms with Crippen molar-refractivity contribution in [3.8, 4) is 6.07 Å². The Balaban J connectivity index is 2.32. The fraction of sp³-hybridized carbons (Fsp3) is 0.769. The van der Waals surface area contributed by atoms with Crippen molar-refractivity contribution in [1.82, 2.24) is 9.80 Å². The first kappa shape index (κ1) is 15.4. The molecule has 1 aliphatic heterocycles. The highest BCUT2D eigenvalue weighted by Gasteiger charge is 2.26. The zero-order valence-electron chi connectivity index (χ0n) is 11.3. The number of carbonyl (C=O) groups is 2. The predicted octanol–water partition coefficient (Wildman–Crippen LogP) is 0.545. The van der Waals surface area contributed by atoms with Crippen LogP contribution in [0, 0.1) is 17.2 Å². The zero-order valence-corrected chi connectivity index (χ0v) is 11.3. The van der Waals surface area contributed by atoms with E-state index in [0.717, 1.165) is 32.5 Å². The molecule has 0 radical (unpaired) electrons. The molecular formula is C13H21N3O3. The van der Waals surface area contributed by atoms with E-state index in [-0.39, 0.29) is 24.8 Å². The largest absolute Gasteiger partial charge is 0.481 e. The molecule has 6 heteroatoms. The summed E-state index contributed by atoms with van der Waals surface area (Å²) >= 11 is 0. The number of nitrogens with zero attached hydrogens (tertiary/aromatic N) is 3. The molecule has 1 aliphatic rings. The molecule has 1 saturated heterocycles. The quantitative estimate of drug-likeness (QED) is 0.759. The van der Waals surface area contributed by atoms with Gasteiger partial charge in [-0.15, -0.1) is 0 Å². The van der Waals surface area contributed by atoms with E-state index in [1.165, 1.54) is 4.90 Å². The van der Waals surface area contributed by atoms with Crippen LogP contribution in [0.4, 0.5) is 0 Å². The molecule has 0 aromatic heterocycles. The molecule has 0 aromatic rings. The maximum Gasteiger partial charge on any atom is 0.305 e. The van der Waals surface area contributed by atoms with Crippen molar-refractivity contribution in [2.24, 2.45) is 5.92 Å². The molecule has 0 aliphatic carbocycles. The number of nitriles is 1. The highest BCUT2D eigenvalue weighted by molar-refractivity contribution is 5.79. The number of carbonyl (C=O) groups excluding carboxylic acids is 1. The molecule has 1 rings (SSSR count). The molecule has 6 nitrogen and oxygen atoms in total. The van der Waals surface area contributed by atoms with E-state index >= 15 is 0 Å². The number of carboxylic acid groups (broad SMARTS) is 1. The van der Waals surface area contributed by atoms with E-state index < -0.39 is 5.97 Å². The van der Waals surface area contributed by atoms with E-state index in [1.54, 1.807) is 7.05 Å². The van der Waals surface area contributed by atoms with Gasteiger partial charge in [-0.3, -0.25) is 9.59 Å². The van der Waals surface area contributed by atoms with Crippen molar-refractivity contribution in [3.63, 3.8) is 0 Å². The summed E-state index contributed by atoms with van der Waals surface area (Å²) in [5, 5.41) is 17.1. The van der Waals surface area contributed by atoms with E-state index in [9.17, 15) is 9.59 Å². The third-order valence-corrected chi connectivity index (χ3v) is 3.51. The lowest BCUT2D eigenvalue weighted by molar-refractivity contribution is -0.139. The molecule has 1 N–H and O–H groups in total. The standard InChI is InChI=1S/C13H21N3O3/c1-15(8-5-12(17)18)13(19)11-3-9-16(10-4-11)7-2-6-14/h11H,2-5,7-10H2,1H3,(H,17,18). The van der Waals surface area contributed by atoms with Crippen molar-refractivity contribution in [1.29, 1.82) is 5.26 Å². The Hall–Kier alpha value is -1.61. The molecule has 0 bridgehead atoms. The maximum atomic E-state index is 12.1. The number of piperidine rings is 1. The Morgan fingerprint density at radius 3 is 2.58 bits per heavy atom. The summed E-state index contributed by atoms with van der Waals surface area (Å²) in [6.07, 6.45) is 2.10. The van der Waals surface area contributed by atoms with Crippen molar-refractivity contribution in [3.05, 3.63) is 0 Å². The van der Waals surface area contributed by atoms with Gasteiger partial charge in [0.1, 0.15) is 0 Å². The van der Waals surface area contributed by atoms with Gasteiger partial charge in [-0.1, -0.05) is 0 Å². The summed E-state index contributed by atoms with van der Waals surface area (Å²) in [6.45, 7) is 2.71. The average Bonchev–Trinajstić information content (AvgIpc) is 2.42. The van der Waals surface area contributed by atoms with Crippen LogP contribution in [-0.4, -0.2) is 60.0 Å². The Morgan fingerprint density at radius 1 is 1.42 bits per heavy atom. The number of amides is 1. The van der Waals surface area contributed by atoms with Crippen molar-refractivity contribution >= 4 is 11.9 Å². The summed E-state index contributed by atoms with van der Waals surface area (Å²) < 4.78 is 0. The fourth-order valence-corrected chi connectivity index (χ4v) is 2.30. The second-order valence-electron chi connectivity index (χ2n) is 4.93. The highest BCUT2D eigenvalue weighted by Crippen LogP contribution is 2.19. The first-order valence-electron chi connectivity index (χ1n) is 6.60. The minimum atomic E-state index is -0.883. The molecular weight excluding hydrogens is 246 g/mol. The Kier molecular flexibility index (Phi) is 6.30. The van der Waals surface area contributed by atoms with Gasteiger partial charge < -0.3 is 14.9 Å². The third-order valence-electron chi connectivity index (χ3n) is 3.51. The summed E-state index contributed by atoms with van der Waals surface area (Å²) in [5.74, 6) is -0.843. The molecule has 0 atom stereocenters. The van der Waals surface area contributed by atoms with Crippen LogP contribution < -0.4 is 0 Å². The molecule has 0 aromatic carbocycles. The SMILES string of the molecule is CN(CCC(=O)O)C(=O)C1CCN(CCC#N)CC1. The number of likely N-dealkylation sites (tertiary alicyclic amines) is 1. The lowest BCUT2D eigenvalue weighted by Gasteiger charge is -2.32. The van der Waals surface area contributed by atoms with E-state index in [4.69, 9.17) is 10.4 Å². The number of carboxylic acids is 1. The van der Waals surface area contributed by atoms with Gasteiger partial charge in [-0.2, -0.15) is 5.26 Å². The number of rotatable bonds is 6. The Labute approximate surface area is 113 Å². The summed E-state index contributed by atoms with van der Waals surface area (Å²) in [6, 6.07) is 2.12. The third kappa shape index (κ3) is 5.26. The molecule has 1 heterocycles. The molecule has 0 saturated carbocycles. The van der Waals surface area contributed by atoms with Gasteiger partial charge in [-0.05, 0) is 25.9 Å². The average molecular weight is 267 g/mol. The number of hydrogen-bond acceptors (Lipinski definition) is 4. The molecule has 0 spiro atoms. The summed E-state index contributed by atoms with van der Waals surface area (Å²) in [4.78, 5) is 26.3. The first-order valence-corrected chi connectivity index (χ1v) is 6.60. The molecule has 106 valence electrons. The van der Waals surface area contributed by atoms with Crippen molar-refractivity contribution in [2.75, 3.05) is 33.2 Å². The van der Waals surface area contributed by atoms with Gasteiger partial charge in [0.05, 0.1) is 12.5 Å². The molecule has 1 fully saturated rings. The van der Waals surface area contributed by atoms with Crippen molar-refractivity contribution < 1.29 is 14.7 Å². The van der Waals surface area contributed by atoms with E-state index in [0.29, 0.717) is 6.42 Å². The molecule has 0 unspecified atom stereocenters. The van der Waals surface area contributed by atoms with Crippen molar-refractivity contribution in [2.45, 2.75) is 25.7 Å². The van der Waals surface area contributed by atoms with Crippen LogP contribution in [0.15, 0.2) is 0 Å². The lowest BCUT2D eigenvalue weighted by atomic mass is 9.95. The number of hydrogen-bond donors (Lipinski definition) is 1. The second-order valence-corrected chi connectivity index (χ2v) is 4.93. The Morgan fingerprint density at radius 2 is 2.05 bits per heavy atom. The number of aliphatic carboxylic acids is 1. The van der Waals surface area contributed by atoms with Crippen LogP contribution in [0.25, 0.3) is 0 Å². The van der Waals surface area contributed by atoms with Gasteiger partial charge in [0.2, 0.25) is 5.91 Å². The topological polar surface area (TPSA) is 84.6 Å². The van der Waals surface area contributed by atoms with Gasteiger partial charge >= 0.3 is 5.97 Å². The summed E-state index contributed by atoms with van der Waals surface area (Å²) in [5.41, 5.74) is 0. The van der Waals surface area contributed by atoms with Crippen LogP contribution in [0.5, 0.6) is 0 Å². The van der Waals surface area contributed by atoms with Crippen LogP contribution >= 0.6 is 0 Å². The van der Waals surface area contributed by atoms with Gasteiger partial charge in [0.15, 0.2) is 0 Å². The second kappa shape index (κ2) is 7.74. The fourth-order valence-electron chi connectivity index (χ4n) is 2.30. The van der Waals surface area contributed by atoms with Crippen LogP contribution in [0.3, 0.4) is 0 Å². The molecule has 1 amide bonds. The minimum absolute atomic E-state index is 0.00266. The highest BCUT2D eigenvalue weighted by atomic mass is 16.4. The van der Waals surface area contributed by atoms with Crippen LogP contribution in [0.1, 0.15) is 25.7 Å². The zero-order chi connectivity index (χ0) is 14.3. The predicted molar refractivity (Wildman–Crippen MR) is 69.3 cm³/mol. The first-order chi connectivity index (χ1) is 9.04. The van der Waals surface area contributed by atoms with Crippen LogP contribution in [-0.2, 0) is 9.59 Å². The van der Waals surface area contributed by atoms with Gasteiger partial charge in [0, 0.05) is 32.5 Å². The molecule has 19 heavy (non-hydrogen) atoms. The summed E-state index contributed by atoms with van der Waals surface area (Å²) in [7, 11) is 1.66.